The number of aliphatic hydroxyl groups excluding tert-OH is 1. The molecule has 0 unspecified atom stereocenters. The first-order chi connectivity index (χ1) is 13.8. The lowest BCUT2D eigenvalue weighted by molar-refractivity contribution is 0.0868. The molecule has 1 saturated carbocycles. The molecule has 0 spiro atoms. The highest BCUT2D eigenvalue weighted by Crippen LogP contribution is 2.42. The molecule has 1 fully saturated rings. The van der Waals surface area contributed by atoms with E-state index in [0.29, 0.717) is 11.5 Å². The van der Waals surface area contributed by atoms with E-state index in [2.05, 4.69) is 35.3 Å². The van der Waals surface area contributed by atoms with Gasteiger partial charge in [0.05, 0.1) is 35.3 Å². The van der Waals surface area contributed by atoms with Gasteiger partial charge in [0, 0.05) is 27.4 Å². The van der Waals surface area contributed by atoms with E-state index in [1.807, 2.05) is 6.07 Å². The zero-order valence-corrected chi connectivity index (χ0v) is 17.9. The number of carbonyl (C=O) groups excluding carboxylic acids is 1. The first kappa shape index (κ1) is 19.7. The Labute approximate surface area is 173 Å². The predicted octanol–water partition coefficient (Wildman–Crippen LogP) is 3.39. The summed E-state index contributed by atoms with van der Waals surface area (Å²) in [5.74, 6) is 0.499. The lowest BCUT2D eigenvalue weighted by Crippen LogP contribution is -2.46. The Hall–Kier alpha value is -2.58. The Balaban J connectivity index is 1.73. The minimum Gasteiger partial charge on any atom is -0.394 e. The number of aliphatic hydroxyl groups is 1. The molecule has 8 heteroatoms. The van der Waals surface area contributed by atoms with Gasteiger partial charge in [0.2, 0.25) is 0 Å². The van der Waals surface area contributed by atoms with Gasteiger partial charge in [0.1, 0.15) is 0 Å². The van der Waals surface area contributed by atoms with Crippen LogP contribution in [0.2, 0.25) is 0 Å². The van der Waals surface area contributed by atoms with Crippen molar-refractivity contribution in [1.82, 2.24) is 25.1 Å². The van der Waals surface area contributed by atoms with Gasteiger partial charge in [-0.1, -0.05) is 0 Å². The molecule has 0 radical (unpaired) electrons. The van der Waals surface area contributed by atoms with Crippen molar-refractivity contribution < 1.29 is 9.90 Å². The van der Waals surface area contributed by atoms with Crippen LogP contribution in [0, 0.1) is 13.8 Å². The molecular formula is C21H25N5O2S. The van der Waals surface area contributed by atoms with Crippen LogP contribution < -0.4 is 5.32 Å². The van der Waals surface area contributed by atoms with Crippen molar-refractivity contribution in [2.75, 3.05) is 6.61 Å². The number of thiophene rings is 1. The Morgan fingerprint density at radius 3 is 2.76 bits per heavy atom. The molecule has 3 aromatic rings. The number of nitrogens with zero attached hydrogens (tertiary/aromatic N) is 4. The molecule has 0 saturated heterocycles. The minimum atomic E-state index is -0.704. The second-order valence-electron chi connectivity index (χ2n) is 8.19. The van der Waals surface area contributed by atoms with Crippen LogP contribution in [-0.4, -0.2) is 42.9 Å². The van der Waals surface area contributed by atoms with Gasteiger partial charge in [0.25, 0.3) is 11.9 Å². The third-order valence-corrected chi connectivity index (χ3v) is 5.98. The number of hydrogen-bond acceptors (Lipinski definition) is 6. The van der Waals surface area contributed by atoms with Gasteiger partial charge in [-0.25, -0.2) is 14.6 Å². The second-order valence-corrected chi connectivity index (χ2v) is 9.65. The fraction of sp³-hybridized carbons (Fsp3) is 0.429. The molecule has 1 amide bonds. The molecule has 0 aromatic carbocycles. The number of nitrogens with one attached hydrogen (secondary N) is 1. The Bertz CT molecular complexity index is 1060. The smallest absolute Gasteiger partial charge is 0.255 e. The highest BCUT2D eigenvalue weighted by Gasteiger charge is 2.34. The van der Waals surface area contributed by atoms with Gasteiger partial charge in [-0.2, -0.15) is 5.10 Å². The summed E-state index contributed by atoms with van der Waals surface area (Å²) in [6.45, 7) is 7.59. The zero-order chi connectivity index (χ0) is 20.8. The maximum Gasteiger partial charge on any atom is 0.255 e. The van der Waals surface area contributed by atoms with Crippen LogP contribution in [0.15, 0.2) is 24.5 Å². The third-order valence-electron chi connectivity index (χ3n) is 5.01. The fourth-order valence-electron chi connectivity index (χ4n) is 3.34. The van der Waals surface area contributed by atoms with Crippen molar-refractivity contribution in [3.63, 3.8) is 0 Å². The summed E-state index contributed by atoms with van der Waals surface area (Å²) in [5, 5.41) is 16.8. The second kappa shape index (κ2) is 7.35. The number of amides is 1. The van der Waals surface area contributed by atoms with Crippen molar-refractivity contribution >= 4 is 17.2 Å². The van der Waals surface area contributed by atoms with E-state index in [1.54, 1.807) is 42.3 Å². The van der Waals surface area contributed by atoms with Gasteiger partial charge >= 0.3 is 0 Å². The third kappa shape index (κ3) is 3.95. The molecule has 0 aliphatic heterocycles. The number of aryl methyl sites for hydroxylation is 2. The van der Waals surface area contributed by atoms with Crippen LogP contribution in [0.3, 0.4) is 0 Å². The van der Waals surface area contributed by atoms with Crippen molar-refractivity contribution in [2.45, 2.75) is 52.0 Å². The SMILES string of the molecule is Cc1cc(-c2ccnc(-n3ncc(C(=O)NC(C)(C)CO)c3C3CC3)n2)c(C)s1. The number of carbonyl (C=O) groups is 1. The first-order valence-electron chi connectivity index (χ1n) is 9.71. The summed E-state index contributed by atoms with van der Waals surface area (Å²) in [6, 6.07) is 4.03. The number of aromatic nitrogens is 4. The van der Waals surface area contributed by atoms with Gasteiger partial charge in [-0.3, -0.25) is 4.79 Å². The van der Waals surface area contributed by atoms with Crippen molar-refractivity contribution in [3.8, 4) is 17.2 Å². The summed E-state index contributed by atoms with van der Waals surface area (Å²) in [7, 11) is 0. The molecular weight excluding hydrogens is 386 g/mol. The average molecular weight is 412 g/mol. The van der Waals surface area contributed by atoms with E-state index in [4.69, 9.17) is 4.98 Å². The summed E-state index contributed by atoms with van der Waals surface area (Å²) in [6.07, 6.45) is 5.33. The summed E-state index contributed by atoms with van der Waals surface area (Å²) < 4.78 is 1.69. The Morgan fingerprint density at radius 2 is 2.14 bits per heavy atom. The van der Waals surface area contributed by atoms with Crippen LogP contribution in [0.1, 0.15) is 58.4 Å². The lowest BCUT2D eigenvalue weighted by atomic mass is 10.1. The van der Waals surface area contributed by atoms with E-state index in [9.17, 15) is 9.90 Å². The molecule has 1 aliphatic carbocycles. The van der Waals surface area contributed by atoms with Gasteiger partial charge in [-0.05, 0) is 52.7 Å². The van der Waals surface area contributed by atoms with Crippen molar-refractivity contribution in [3.05, 3.63) is 45.5 Å². The monoisotopic (exact) mass is 411 g/mol. The molecule has 0 atom stereocenters. The Kier molecular flexibility index (Phi) is 5.00. The normalized spacial score (nSPS) is 14.2. The maximum atomic E-state index is 12.8. The van der Waals surface area contributed by atoms with Gasteiger partial charge in [-0.15, -0.1) is 11.3 Å². The standard InChI is InChI=1S/C21H25N5O2S/c1-12-9-15(13(2)29-12)17-7-8-22-20(24-17)26-18(14-5-6-14)16(10-23-26)19(28)25-21(3,4)11-27/h7-10,14,27H,5-6,11H2,1-4H3,(H,25,28). The molecule has 7 nitrogen and oxygen atoms in total. The van der Waals surface area contributed by atoms with Gasteiger partial charge in [0.15, 0.2) is 0 Å². The highest BCUT2D eigenvalue weighted by atomic mass is 32.1. The summed E-state index contributed by atoms with van der Waals surface area (Å²) in [5.41, 5.74) is 2.60. The minimum absolute atomic E-state index is 0.143. The Morgan fingerprint density at radius 1 is 1.38 bits per heavy atom. The molecule has 3 heterocycles. The molecule has 1 aliphatic rings. The van der Waals surface area contributed by atoms with E-state index < -0.39 is 5.54 Å². The zero-order valence-electron chi connectivity index (χ0n) is 17.1. The molecule has 29 heavy (non-hydrogen) atoms. The molecule has 3 aromatic heterocycles. The van der Waals surface area contributed by atoms with Crippen LogP contribution in [0.4, 0.5) is 0 Å². The average Bonchev–Trinajstić information content (AvgIpc) is 3.33. The quantitative estimate of drug-likeness (QED) is 0.649. The van der Waals surface area contributed by atoms with Crippen LogP contribution in [0.5, 0.6) is 0 Å². The van der Waals surface area contributed by atoms with Crippen molar-refractivity contribution in [1.29, 1.82) is 0 Å². The highest BCUT2D eigenvalue weighted by molar-refractivity contribution is 7.12. The molecule has 2 N–H and O–H groups in total. The van der Waals surface area contributed by atoms with Crippen molar-refractivity contribution in [2.24, 2.45) is 0 Å². The number of rotatable bonds is 6. The van der Waals surface area contributed by atoms with Crippen LogP contribution in [-0.2, 0) is 0 Å². The fourth-order valence-corrected chi connectivity index (χ4v) is 4.27. The van der Waals surface area contributed by atoms with Crippen LogP contribution in [0.25, 0.3) is 17.2 Å². The summed E-state index contributed by atoms with van der Waals surface area (Å²) >= 11 is 1.74. The van der Waals surface area contributed by atoms with Crippen LogP contribution >= 0.6 is 11.3 Å². The van der Waals surface area contributed by atoms with Gasteiger partial charge < -0.3 is 10.4 Å². The molecule has 152 valence electrons. The largest absolute Gasteiger partial charge is 0.394 e. The predicted molar refractivity (Wildman–Crippen MR) is 113 cm³/mol. The summed E-state index contributed by atoms with van der Waals surface area (Å²) in [4.78, 5) is 24.5. The maximum absolute atomic E-state index is 12.8. The molecule has 0 bridgehead atoms. The molecule has 4 rings (SSSR count). The van der Waals surface area contributed by atoms with E-state index in [0.717, 1.165) is 29.8 Å². The van der Waals surface area contributed by atoms with E-state index in [-0.39, 0.29) is 18.4 Å². The van der Waals surface area contributed by atoms with E-state index in [1.165, 1.54) is 9.75 Å². The number of hydrogen-bond donors (Lipinski definition) is 2. The lowest BCUT2D eigenvalue weighted by Gasteiger charge is -2.23. The van der Waals surface area contributed by atoms with E-state index >= 15 is 0 Å². The topological polar surface area (TPSA) is 92.9 Å². The first-order valence-corrected chi connectivity index (χ1v) is 10.5.